The van der Waals surface area contributed by atoms with Gasteiger partial charge >= 0.3 is 6.18 Å². The molecule has 2 aromatic rings. The number of aromatic nitrogens is 3. The maximum absolute atomic E-state index is 13.7. The predicted octanol–water partition coefficient (Wildman–Crippen LogP) is 3.91. The molecule has 0 radical (unpaired) electrons. The van der Waals surface area contributed by atoms with Crippen LogP contribution in [0.5, 0.6) is 0 Å². The molecule has 1 aliphatic carbocycles. The molecule has 2 atom stereocenters. The second-order valence-corrected chi connectivity index (χ2v) is 7.05. The first-order valence-electron chi connectivity index (χ1n) is 8.82. The van der Waals surface area contributed by atoms with Crippen LogP contribution in [0.3, 0.4) is 0 Å². The zero-order chi connectivity index (χ0) is 18.3. The summed E-state index contributed by atoms with van der Waals surface area (Å²) < 4.78 is 48.0. The fraction of sp³-hybridized carbons (Fsp3) is 0.556. The summed E-state index contributed by atoms with van der Waals surface area (Å²) in [5.41, 5.74) is 1.79. The summed E-state index contributed by atoms with van der Waals surface area (Å²) in [5, 5.41) is 6.67. The fourth-order valence-corrected chi connectivity index (χ4v) is 3.46. The zero-order valence-corrected chi connectivity index (χ0v) is 14.5. The number of pyridine rings is 1. The third-order valence-electron chi connectivity index (χ3n) is 5.03. The zero-order valence-electron chi connectivity index (χ0n) is 14.5. The Labute approximate surface area is 149 Å². The first kappa shape index (κ1) is 17.3. The maximum Gasteiger partial charge on any atom is 0.414 e. The molecule has 0 bridgehead atoms. The van der Waals surface area contributed by atoms with Crippen LogP contribution < -0.4 is 5.32 Å². The van der Waals surface area contributed by atoms with Crippen molar-refractivity contribution in [2.45, 2.75) is 43.3 Å². The molecule has 0 amide bonds. The Morgan fingerprint density at radius 1 is 1.23 bits per heavy atom. The lowest BCUT2D eigenvalue weighted by atomic mass is 9.99. The van der Waals surface area contributed by atoms with E-state index in [2.05, 4.69) is 15.4 Å². The number of hydrogen-bond acceptors (Lipinski definition) is 4. The van der Waals surface area contributed by atoms with Gasteiger partial charge in [0.2, 0.25) is 0 Å². The highest BCUT2D eigenvalue weighted by molar-refractivity contribution is 5.42. The summed E-state index contributed by atoms with van der Waals surface area (Å²) in [6.45, 7) is 1.27. The molecule has 0 unspecified atom stereocenters. The second kappa shape index (κ2) is 6.57. The molecule has 2 aromatic heterocycles. The fourth-order valence-electron chi connectivity index (χ4n) is 3.46. The number of nitrogens with one attached hydrogen (secondary N) is 1. The van der Waals surface area contributed by atoms with Crippen molar-refractivity contribution in [2.24, 2.45) is 7.05 Å². The molecule has 3 heterocycles. The maximum atomic E-state index is 13.7. The molecule has 8 heteroatoms. The van der Waals surface area contributed by atoms with E-state index in [0.717, 1.165) is 30.5 Å². The van der Waals surface area contributed by atoms with E-state index in [1.165, 1.54) is 6.20 Å². The molecule has 1 saturated carbocycles. The van der Waals surface area contributed by atoms with Gasteiger partial charge in [0.1, 0.15) is 5.82 Å². The molecule has 5 nitrogen and oxygen atoms in total. The van der Waals surface area contributed by atoms with E-state index in [1.807, 2.05) is 6.07 Å². The van der Waals surface area contributed by atoms with Crippen LogP contribution in [0, 0.1) is 0 Å². The SMILES string of the molecule is Cn1nc([C@H](Nc2cc([C@H]3CCOC3)ccn2)C(F)(F)F)cc1C1CC1. The summed E-state index contributed by atoms with van der Waals surface area (Å²) in [7, 11) is 1.70. The molecule has 0 aromatic carbocycles. The molecule has 26 heavy (non-hydrogen) atoms. The highest BCUT2D eigenvalue weighted by atomic mass is 19.4. The number of nitrogens with zero attached hydrogens (tertiary/aromatic N) is 3. The number of halogens is 3. The first-order valence-corrected chi connectivity index (χ1v) is 8.82. The normalized spacial score (nSPS) is 21.8. The minimum Gasteiger partial charge on any atom is -0.381 e. The number of rotatable bonds is 5. The summed E-state index contributed by atoms with van der Waals surface area (Å²) in [5.74, 6) is 0.744. The van der Waals surface area contributed by atoms with Crippen molar-refractivity contribution in [3.8, 4) is 0 Å². The number of anilines is 1. The van der Waals surface area contributed by atoms with Crippen LogP contribution in [-0.4, -0.2) is 34.2 Å². The second-order valence-electron chi connectivity index (χ2n) is 7.05. The van der Waals surface area contributed by atoms with Crippen LogP contribution in [0.25, 0.3) is 0 Å². The van der Waals surface area contributed by atoms with Gasteiger partial charge in [-0.3, -0.25) is 4.68 Å². The van der Waals surface area contributed by atoms with Crippen molar-refractivity contribution in [3.63, 3.8) is 0 Å². The van der Waals surface area contributed by atoms with E-state index >= 15 is 0 Å². The molecule has 1 N–H and O–H groups in total. The van der Waals surface area contributed by atoms with Crippen molar-refractivity contribution in [3.05, 3.63) is 41.3 Å². The Hall–Kier alpha value is -2.09. The molecular formula is C18H21F3N4O. The summed E-state index contributed by atoms with van der Waals surface area (Å²) >= 11 is 0. The van der Waals surface area contributed by atoms with Gasteiger partial charge in [0, 0.05) is 37.4 Å². The van der Waals surface area contributed by atoms with Crippen LogP contribution in [0.15, 0.2) is 24.4 Å². The Bertz CT molecular complexity index is 779. The van der Waals surface area contributed by atoms with Gasteiger partial charge in [-0.15, -0.1) is 0 Å². The van der Waals surface area contributed by atoms with Gasteiger partial charge < -0.3 is 10.1 Å². The molecule has 2 fully saturated rings. The first-order chi connectivity index (χ1) is 12.4. The molecular weight excluding hydrogens is 345 g/mol. The third kappa shape index (κ3) is 3.56. The summed E-state index contributed by atoms with van der Waals surface area (Å²) in [6.07, 6.45) is -0.0375. The quantitative estimate of drug-likeness (QED) is 0.872. The van der Waals surface area contributed by atoms with Gasteiger partial charge in [-0.2, -0.15) is 18.3 Å². The Balaban J connectivity index is 1.60. The minimum atomic E-state index is -4.47. The molecule has 1 saturated heterocycles. The van der Waals surface area contributed by atoms with Crippen LogP contribution in [0.1, 0.15) is 54.1 Å². The van der Waals surface area contributed by atoms with Crippen LogP contribution in [0.2, 0.25) is 0 Å². The van der Waals surface area contributed by atoms with Gasteiger partial charge in [0.15, 0.2) is 6.04 Å². The minimum absolute atomic E-state index is 0.0155. The van der Waals surface area contributed by atoms with E-state index in [1.54, 1.807) is 23.9 Å². The van der Waals surface area contributed by atoms with Gasteiger partial charge in [-0.1, -0.05) is 0 Å². The predicted molar refractivity (Wildman–Crippen MR) is 90.0 cm³/mol. The summed E-state index contributed by atoms with van der Waals surface area (Å²) in [6, 6.07) is 3.20. The Morgan fingerprint density at radius 3 is 2.69 bits per heavy atom. The molecule has 140 valence electrons. The molecule has 4 rings (SSSR count). The molecule has 1 aliphatic heterocycles. The smallest absolute Gasteiger partial charge is 0.381 e. The van der Waals surface area contributed by atoms with E-state index in [9.17, 15) is 13.2 Å². The van der Waals surface area contributed by atoms with E-state index in [-0.39, 0.29) is 17.4 Å². The van der Waals surface area contributed by atoms with Gasteiger partial charge in [0.05, 0.1) is 12.3 Å². The van der Waals surface area contributed by atoms with Gasteiger partial charge in [0.25, 0.3) is 0 Å². The van der Waals surface area contributed by atoms with E-state index < -0.39 is 12.2 Å². The van der Waals surface area contributed by atoms with Crippen LogP contribution in [0.4, 0.5) is 19.0 Å². The molecule has 0 spiro atoms. The van der Waals surface area contributed by atoms with E-state index in [0.29, 0.717) is 19.1 Å². The van der Waals surface area contributed by atoms with Crippen molar-refractivity contribution in [2.75, 3.05) is 18.5 Å². The summed E-state index contributed by atoms with van der Waals surface area (Å²) in [4.78, 5) is 4.08. The lowest BCUT2D eigenvalue weighted by molar-refractivity contribution is -0.144. The van der Waals surface area contributed by atoms with Crippen molar-refractivity contribution >= 4 is 5.82 Å². The van der Waals surface area contributed by atoms with Crippen LogP contribution >= 0.6 is 0 Å². The average Bonchev–Trinajstić information content (AvgIpc) is 3.14. The standard InChI is InChI=1S/C18H21F3N4O/c1-25-15(11-2-3-11)9-14(24-25)17(18(19,20)21)23-16-8-12(4-6-22-16)13-5-7-26-10-13/h4,6,8-9,11,13,17H,2-3,5,7,10H2,1H3,(H,22,23)/t13-,17-/m0/s1. The Morgan fingerprint density at radius 2 is 2.04 bits per heavy atom. The molecule has 2 aliphatic rings. The van der Waals surface area contributed by atoms with Crippen molar-refractivity contribution in [1.29, 1.82) is 0 Å². The van der Waals surface area contributed by atoms with Gasteiger partial charge in [-0.25, -0.2) is 4.98 Å². The lowest BCUT2D eigenvalue weighted by Crippen LogP contribution is -2.28. The van der Waals surface area contributed by atoms with Crippen molar-refractivity contribution < 1.29 is 17.9 Å². The highest BCUT2D eigenvalue weighted by Crippen LogP contribution is 2.42. The number of aryl methyl sites for hydroxylation is 1. The highest BCUT2D eigenvalue weighted by Gasteiger charge is 2.43. The monoisotopic (exact) mass is 366 g/mol. The third-order valence-corrected chi connectivity index (χ3v) is 5.03. The largest absolute Gasteiger partial charge is 0.414 e. The van der Waals surface area contributed by atoms with Gasteiger partial charge in [-0.05, 0) is 43.0 Å². The van der Waals surface area contributed by atoms with E-state index in [4.69, 9.17) is 4.74 Å². The van der Waals surface area contributed by atoms with Crippen molar-refractivity contribution in [1.82, 2.24) is 14.8 Å². The number of alkyl halides is 3. The number of hydrogen-bond donors (Lipinski definition) is 1. The topological polar surface area (TPSA) is 52.0 Å². The number of ether oxygens (including phenoxy) is 1. The Kier molecular flexibility index (Phi) is 4.38. The van der Waals surface area contributed by atoms with Crippen LogP contribution in [-0.2, 0) is 11.8 Å². The lowest BCUT2D eigenvalue weighted by Gasteiger charge is -2.21. The average molecular weight is 366 g/mol.